The van der Waals surface area contributed by atoms with Crippen LogP contribution in [-0.2, 0) is 5.41 Å². The highest BCUT2D eigenvalue weighted by atomic mass is 15.0. The molecule has 0 amide bonds. The van der Waals surface area contributed by atoms with Crippen molar-refractivity contribution in [3.8, 4) is 11.3 Å². The van der Waals surface area contributed by atoms with Crippen molar-refractivity contribution in [1.29, 1.82) is 0 Å². The second-order valence-electron chi connectivity index (χ2n) is 5.79. The number of para-hydroxylation sites is 1. The van der Waals surface area contributed by atoms with Gasteiger partial charge >= 0.3 is 0 Å². The molecule has 0 bridgehead atoms. The highest BCUT2D eigenvalue weighted by Crippen LogP contribution is 2.46. The molecule has 0 radical (unpaired) electrons. The van der Waals surface area contributed by atoms with E-state index in [0.717, 1.165) is 41.1 Å². The topological polar surface area (TPSA) is 70.5 Å². The van der Waals surface area contributed by atoms with E-state index in [4.69, 9.17) is 10.7 Å². The number of imidazole rings is 1. The lowest BCUT2D eigenvalue weighted by Crippen LogP contribution is -2.21. The van der Waals surface area contributed by atoms with Crippen molar-refractivity contribution in [2.75, 3.05) is 6.54 Å². The van der Waals surface area contributed by atoms with E-state index in [-0.39, 0.29) is 5.41 Å². The maximum atomic E-state index is 5.90. The number of aromatic nitrogens is 3. The number of nitrogens with zero attached hydrogens (tertiary/aromatic N) is 1. The molecule has 1 aliphatic carbocycles. The Labute approximate surface area is 117 Å². The number of nitrogens with one attached hydrogen (secondary N) is 2. The molecule has 4 nitrogen and oxygen atoms in total. The van der Waals surface area contributed by atoms with Crippen molar-refractivity contribution in [3.63, 3.8) is 0 Å². The monoisotopic (exact) mass is 266 g/mol. The summed E-state index contributed by atoms with van der Waals surface area (Å²) in [7, 11) is 0. The molecular weight excluding hydrogens is 248 g/mol. The van der Waals surface area contributed by atoms with E-state index in [1.54, 1.807) is 0 Å². The van der Waals surface area contributed by atoms with Crippen LogP contribution in [0.1, 0.15) is 24.4 Å². The summed E-state index contributed by atoms with van der Waals surface area (Å²) in [6, 6.07) is 8.32. The molecular formula is C16H18N4. The lowest BCUT2D eigenvalue weighted by atomic mass is 10.1. The van der Waals surface area contributed by atoms with Gasteiger partial charge in [-0.3, -0.25) is 0 Å². The number of nitrogens with two attached hydrogens (primary N) is 1. The SMILES string of the molecule is Cc1[nH]c(C2(CN)CC2)nc1-c1c[nH]c2ccccc12. The smallest absolute Gasteiger partial charge is 0.114 e. The summed E-state index contributed by atoms with van der Waals surface area (Å²) in [4.78, 5) is 11.6. The average Bonchev–Trinajstić information content (AvgIpc) is 3.02. The maximum Gasteiger partial charge on any atom is 0.114 e. The third-order valence-electron chi connectivity index (χ3n) is 4.48. The first kappa shape index (κ1) is 11.7. The molecule has 20 heavy (non-hydrogen) atoms. The van der Waals surface area contributed by atoms with E-state index >= 15 is 0 Å². The molecule has 0 spiro atoms. The number of H-pyrrole nitrogens is 2. The molecule has 0 atom stereocenters. The fourth-order valence-corrected chi connectivity index (χ4v) is 2.93. The zero-order chi connectivity index (χ0) is 13.7. The van der Waals surface area contributed by atoms with Gasteiger partial charge in [-0.25, -0.2) is 4.98 Å². The van der Waals surface area contributed by atoms with Gasteiger partial charge in [0.25, 0.3) is 0 Å². The Morgan fingerprint density at radius 2 is 2.10 bits per heavy atom. The van der Waals surface area contributed by atoms with Crippen LogP contribution in [0.3, 0.4) is 0 Å². The van der Waals surface area contributed by atoms with Crippen molar-refractivity contribution < 1.29 is 0 Å². The van der Waals surface area contributed by atoms with Gasteiger partial charge in [0.1, 0.15) is 5.82 Å². The van der Waals surface area contributed by atoms with Crippen LogP contribution in [0.5, 0.6) is 0 Å². The second kappa shape index (κ2) is 3.96. The Kier molecular flexibility index (Phi) is 2.32. The first-order valence-electron chi connectivity index (χ1n) is 7.07. The summed E-state index contributed by atoms with van der Waals surface area (Å²) in [5.41, 5.74) is 10.5. The molecule has 0 saturated heterocycles. The van der Waals surface area contributed by atoms with Crippen molar-refractivity contribution in [2.45, 2.75) is 25.2 Å². The van der Waals surface area contributed by atoms with Crippen LogP contribution < -0.4 is 5.73 Å². The third kappa shape index (κ3) is 1.55. The predicted octanol–water partition coefficient (Wildman–Crippen LogP) is 2.86. The van der Waals surface area contributed by atoms with Crippen molar-refractivity contribution >= 4 is 10.9 Å². The van der Waals surface area contributed by atoms with Crippen LogP contribution in [0.4, 0.5) is 0 Å². The van der Waals surface area contributed by atoms with Crippen LogP contribution in [0.15, 0.2) is 30.5 Å². The zero-order valence-corrected chi connectivity index (χ0v) is 11.5. The van der Waals surface area contributed by atoms with Gasteiger partial charge in [-0.2, -0.15) is 0 Å². The molecule has 3 aromatic rings. The third-order valence-corrected chi connectivity index (χ3v) is 4.48. The molecule has 0 unspecified atom stereocenters. The highest BCUT2D eigenvalue weighted by molar-refractivity contribution is 5.95. The zero-order valence-electron chi connectivity index (χ0n) is 11.5. The average molecular weight is 266 g/mol. The number of aryl methyl sites for hydroxylation is 1. The summed E-state index contributed by atoms with van der Waals surface area (Å²) < 4.78 is 0. The maximum absolute atomic E-state index is 5.90. The Morgan fingerprint density at radius 3 is 2.85 bits per heavy atom. The molecule has 1 saturated carbocycles. The normalized spacial score (nSPS) is 16.7. The first-order valence-corrected chi connectivity index (χ1v) is 7.07. The van der Waals surface area contributed by atoms with Gasteiger partial charge in [-0.05, 0) is 25.8 Å². The summed E-state index contributed by atoms with van der Waals surface area (Å²) in [5.74, 6) is 1.05. The van der Waals surface area contributed by atoms with Crippen LogP contribution >= 0.6 is 0 Å². The number of benzene rings is 1. The minimum absolute atomic E-state index is 0.106. The molecule has 0 aliphatic heterocycles. The van der Waals surface area contributed by atoms with Crippen LogP contribution in [-0.4, -0.2) is 21.5 Å². The molecule has 1 fully saturated rings. The standard InChI is InChI=1S/C16H18N4/c1-10-14(20-15(19-10)16(9-17)6-7-16)12-8-18-13-5-3-2-4-11(12)13/h2-5,8,18H,6-7,9,17H2,1H3,(H,19,20). The van der Waals surface area contributed by atoms with E-state index < -0.39 is 0 Å². The van der Waals surface area contributed by atoms with Gasteiger partial charge in [-0.1, -0.05) is 18.2 Å². The minimum Gasteiger partial charge on any atom is -0.360 e. The number of aromatic amines is 2. The fourth-order valence-electron chi connectivity index (χ4n) is 2.93. The number of fused-ring (bicyclic) bond motifs is 1. The minimum atomic E-state index is 0.106. The number of hydrogen-bond donors (Lipinski definition) is 3. The fraction of sp³-hybridized carbons (Fsp3) is 0.312. The van der Waals surface area contributed by atoms with E-state index in [1.165, 1.54) is 5.39 Å². The first-order chi connectivity index (χ1) is 9.73. The molecule has 2 heterocycles. The van der Waals surface area contributed by atoms with E-state index in [1.807, 2.05) is 12.3 Å². The van der Waals surface area contributed by atoms with Crippen LogP contribution in [0.25, 0.3) is 22.2 Å². The lowest BCUT2D eigenvalue weighted by Gasteiger charge is -2.07. The molecule has 4 rings (SSSR count). The molecule has 1 aliphatic rings. The molecule has 1 aromatic carbocycles. The van der Waals surface area contributed by atoms with E-state index in [2.05, 4.69) is 35.1 Å². The van der Waals surface area contributed by atoms with Crippen LogP contribution in [0, 0.1) is 6.92 Å². The molecule has 102 valence electrons. The van der Waals surface area contributed by atoms with E-state index in [0.29, 0.717) is 6.54 Å². The van der Waals surface area contributed by atoms with Gasteiger partial charge < -0.3 is 15.7 Å². The van der Waals surface area contributed by atoms with E-state index in [9.17, 15) is 0 Å². The molecule has 4 N–H and O–H groups in total. The number of hydrogen-bond acceptors (Lipinski definition) is 2. The lowest BCUT2D eigenvalue weighted by molar-refractivity contribution is 0.658. The van der Waals surface area contributed by atoms with Crippen molar-refractivity contribution in [3.05, 3.63) is 42.0 Å². The van der Waals surface area contributed by atoms with Gasteiger partial charge in [-0.15, -0.1) is 0 Å². The number of rotatable bonds is 3. The summed E-state index contributed by atoms with van der Waals surface area (Å²) >= 11 is 0. The largest absolute Gasteiger partial charge is 0.360 e. The predicted molar refractivity (Wildman–Crippen MR) is 80.6 cm³/mol. The van der Waals surface area contributed by atoms with Gasteiger partial charge in [0.2, 0.25) is 0 Å². The van der Waals surface area contributed by atoms with Gasteiger partial charge in [0.15, 0.2) is 0 Å². The highest BCUT2D eigenvalue weighted by Gasteiger charge is 2.46. The van der Waals surface area contributed by atoms with Crippen LogP contribution in [0.2, 0.25) is 0 Å². The quantitative estimate of drug-likeness (QED) is 0.682. The molecule has 4 heteroatoms. The Morgan fingerprint density at radius 1 is 1.30 bits per heavy atom. The van der Waals surface area contributed by atoms with Gasteiger partial charge in [0.05, 0.1) is 5.69 Å². The molecule has 2 aromatic heterocycles. The van der Waals surface area contributed by atoms with Gasteiger partial charge in [0, 0.05) is 40.3 Å². The summed E-state index contributed by atoms with van der Waals surface area (Å²) in [6.45, 7) is 2.76. The van der Waals surface area contributed by atoms with Crippen molar-refractivity contribution in [2.24, 2.45) is 5.73 Å². The van der Waals surface area contributed by atoms with Crippen molar-refractivity contribution in [1.82, 2.24) is 15.0 Å². The summed E-state index contributed by atoms with van der Waals surface area (Å²) in [5, 5.41) is 1.21. The second-order valence-corrected chi connectivity index (χ2v) is 5.79. The summed E-state index contributed by atoms with van der Waals surface area (Å²) in [6.07, 6.45) is 4.33. The Hall–Kier alpha value is -2.07. The Bertz CT molecular complexity index is 777. The Balaban J connectivity index is 1.86.